The molecule has 0 bridgehead atoms. The van der Waals surface area contributed by atoms with Crippen LogP contribution in [0, 0.1) is 5.92 Å². The summed E-state index contributed by atoms with van der Waals surface area (Å²) in [7, 11) is 0. The van der Waals surface area contributed by atoms with Crippen molar-refractivity contribution in [2.45, 2.75) is 39.5 Å². The fourth-order valence-electron chi connectivity index (χ4n) is 1.65. The van der Waals surface area contributed by atoms with Crippen LogP contribution in [-0.4, -0.2) is 5.78 Å². The second-order valence-electron chi connectivity index (χ2n) is 3.59. The van der Waals surface area contributed by atoms with Gasteiger partial charge in [0.15, 0.2) is 0 Å². The van der Waals surface area contributed by atoms with Crippen LogP contribution in [0.2, 0.25) is 0 Å². The maximum atomic E-state index is 11.1. The Kier molecular flexibility index (Phi) is 2.86. The summed E-state index contributed by atoms with van der Waals surface area (Å²) in [6, 6.07) is 0. The fraction of sp³-hybridized carbons (Fsp3) is 0.700. The first-order chi connectivity index (χ1) is 5.18. The van der Waals surface area contributed by atoms with Gasteiger partial charge in [0.1, 0.15) is 5.78 Å². The minimum Gasteiger partial charge on any atom is -0.300 e. The van der Waals surface area contributed by atoms with E-state index in [0.717, 1.165) is 25.7 Å². The molecule has 0 saturated carbocycles. The molecule has 0 saturated heterocycles. The van der Waals surface area contributed by atoms with Crippen LogP contribution >= 0.6 is 0 Å². The summed E-state index contributed by atoms with van der Waals surface area (Å²) in [5, 5.41) is 0. The summed E-state index contributed by atoms with van der Waals surface area (Å²) in [4.78, 5) is 11.1. The Hall–Kier alpha value is -0.590. The third-order valence-electron chi connectivity index (χ3n) is 2.15. The summed E-state index contributed by atoms with van der Waals surface area (Å²) in [6.45, 7) is 4.28. The number of hydrogen-bond acceptors (Lipinski definition) is 1. The molecule has 0 aromatic rings. The van der Waals surface area contributed by atoms with E-state index in [1.165, 1.54) is 5.57 Å². The van der Waals surface area contributed by atoms with Crippen molar-refractivity contribution in [3.8, 4) is 0 Å². The predicted molar refractivity (Wildman–Crippen MR) is 46.4 cm³/mol. The van der Waals surface area contributed by atoms with Gasteiger partial charge < -0.3 is 0 Å². The molecule has 0 heterocycles. The fourth-order valence-corrected chi connectivity index (χ4v) is 1.65. The quantitative estimate of drug-likeness (QED) is 0.488. The van der Waals surface area contributed by atoms with Crippen molar-refractivity contribution in [1.82, 2.24) is 0 Å². The molecular formula is C10H16O. The van der Waals surface area contributed by atoms with Gasteiger partial charge in [-0.05, 0) is 25.7 Å². The molecule has 1 atom stereocenters. The average molecular weight is 152 g/mol. The summed E-state index contributed by atoms with van der Waals surface area (Å²) in [5.41, 5.74) is 1.45. The van der Waals surface area contributed by atoms with Gasteiger partial charge in [0, 0.05) is 12.8 Å². The zero-order chi connectivity index (χ0) is 8.27. The molecule has 62 valence electrons. The lowest BCUT2D eigenvalue weighted by atomic mass is 9.94. The first-order valence-corrected chi connectivity index (χ1v) is 4.37. The molecule has 0 spiro atoms. The summed E-state index contributed by atoms with van der Waals surface area (Å²) in [6.07, 6.45) is 5.92. The van der Waals surface area contributed by atoms with Crippen LogP contribution in [0.1, 0.15) is 39.5 Å². The molecule has 1 aliphatic carbocycles. The van der Waals surface area contributed by atoms with Gasteiger partial charge >= 0.3 is 0 Å². The first-order valence-electron chi connectivity index (χ1n) is 4.37. The second kappa shape index (κ2) is 3.70. The Morgan fingerprint density at radius 3 is 2.91 bits per heavy atom. The van der Waals surface area contributed by atoms with E-state index in [1.807, 2.05) is 0 Å². The van der Waals surface area contributed by atoms with Gasteiger partial charge in [0.25, 0.3) is 0 Å². The van der Waals surface area contributed by atoms with E-state index in [0.29, 0.717) is 11.7 Å². The van der Waals surface area contributed by atoms with Gasteiger partial charge in [-0.1, -0.05) is 18.6 Å². The number of carbonyl (C=O) groups excluding carboxylic acids is 1. The summed E-state index contributed by atoms with van der Waals surface area (Å²) in [5.74, 6) is 0.893. The molecule has 1 rings (SSSR count). The van der Waals surface area contributed by atoms with E-state index in [1.54, 1.807) is 0 Å². The lowest BCUT2D eigenvalue weighted by Gasteiger charge is -2.11. The van der Waals surface area contributed by atoms with Crippen molar-refractivity contribution in [2.75, 3.05) is 0 Å². The van der Waals surface area contributed by atoms with Gasteiger partial charge in [-0.15, -0.1) is 0 Å². The molecular weight excluding hydrogens is 136 g/mol. The third kappa shape index (κ3) is 2.87. The average Bonchev–Trinajstić information content (AvgIpc) is 1.83. The highest BCUT2D eigenvalue weighted by atomic mass is 16.1. The Balaban J connectivity index is 2.60. The number of ketones is 1. The Bertz CT molecular complexity index is 179. The molecule has 1 heteroatoms. The normalized spacial score (nSPS) is 27.3. The van der Waals surface area contributed by atoms with Gasteiger partial charge in [0.2, 0.25) is 0 Å². The molecule has 1 nitrogen and oxygen atoms in total. The summed E-state index contributed by atoms with van der Waals surface area (Å²) < 4.78 is 0. The Morgan fingerprint density at radius 2 is 2.18 bits per heavy atom. The molecule has 11 heavy (non-hydrogen) atoms. The van der Waals surface area contributed by atoms with Crippen LogP contribution in [0.25, 0.3) is 0 Å². The van der Waals surface area contributed by atoms with Crippen molar-refractivity contribution in [2.24, 2.45) is 5.92 Å². The van der Waals surface area contributed by atoms with Crippen LogP contribution in [0.4, 0.5) is 0 Å². The predicted octanol–water partition coefficient (Wildman–Crippen LogP) is 2.71. The number of rotatable bonds is 0. The number of allylic oxidation sites excluding steroid dienone is 2. The van der Waals surface area contributed by atoms with Gasteiger partial charge in [-0.3, -0.25) is 4.79 Å². The van der Waals surface area contributed by atoms with Gasteiger partial charge in [0.05, 0.1) is 0 Å². The van der Waals surface area contributed by atoms with Crippen molar-refractivity contribution in [3.05, 3.63) is 11.6 Å². The molecule has 0 N–H and O–H groups in total. The van der Waals surface area contributed by atoms with E-state index in [4.69, 9.17) is 0 Å². The van der Waals surface area contributed by atoms with E-state index in [2.05, 4.69) is 19.9 Å². The van der Waals surface area contributed by atoms with E-state index < -0.39 is 0 Å². The molecule has 1 aliphatic rings. The summed E-state index contributed by atoms with van der Waals surface area (Å²) >= 11 is 0. The van der Waals surface area contributed by atoms with Gasteiger partial charge in [-0.25, -0.2) is 0 Å². The minimum atomic E-state index is 0.432. The van der Waals surface area contributed by atoms with Crippen LogP contribution in [0.5, 0.6) is 0 Å². The third-order valence-corrected chi connectivity index (χ3v) is 2.15. The van der Waals surface area contributed by atoms with E-state index in [9.17, 15) is 4.79 Å². The molecule has 0 aromatic heterocycles. The van der Waals surface area contributed by atoms with Crippen molar-refractivity contribution >= 4 is 5.78 Å². The number of Topliss-reactive ketones (excluding diaryl/α,β-unsaturated/α-hetero) is 1. The molecule has 0 aliphatic heterocycles. The lowest BCUT2D eigenvalue weighted by molar-refractivity contribution is -0.119. The lowest BCUT2D eigenvalue weighted by Crippen LogP contribution is -2.06. The molecule has 0 amide bonds. The minimum absolute atomic E-state index is 0.432. The Morgan fingerprint density at radius 1 is 1.45 bits per heavy atom. The smallest absolute Gasteiger partial charge is 0.133 e. The molecule has 1 unspecified atom stereocenters. The zero-order valence-corrected chi connectivity index (χ0v) is 7.39. The standard InChI is InChI=1S/C10H16O/c1-8-4-3-5-10(11)7-9(2)6-8/h6,9H,3-5,7H2,1-2H3. The highest BCUT2D eigenvalue weighted by Gasteiger charge is 2.10. The van der Waals surface area contributed by atoms with Crippen LogP contribution in [0.15, 0.2) is 11.6 Å². The van der Waals surface area contributed by atoms with Crippen LogP contribution < -0.4 is 0 Å². The molecule has 0 fully saturated rings. The SMILES string of the molecule is CC1=CC(C)CC(=O)CCC1. The maximum Gasteiger partial charge on any atom is 0.133 e. The Labute approximate surface area is 68.5 Å². The van der Waals surface area contributed by atoms with Crippen LogP contribution in [0.3, 0.4) is 0 Å². The zero-order valence-electron chi connectivity index (χ0n) is 7.39. The highest BCUT2D eigenvalue weighted by molar-refractivity contribution is 5.78. The van der Waals surface area contributed by atoms with Gasteiger partial charge in [-0.2, -0.15) is 0 Å². The molecule has 0 aromatic carbocycles. The second-order valence-corrected chi connectivity index (χ2v) is 3.59. The topological polar surface area (TPSA) is 17.1 Å². The highest BCUT2D eigenvalue weighted by Crippen LogP contribution is 2.18. The van der Waals surface area contributed by atoms with Crippen LogP contribution in [-0.2, 0) is 4.79 Å². The monoisotopic (exact) mass is 152 g/mol. The van der Waals surface area contributed by atoms with E-state index >= 15 is 0 Å². The largest absolute Gasteiger partial charge is 0.300 e. The first kappa shape index (κ1) is 8.51. The maximum absolute atomic E-state index is 11.1. The number of carbonyl (C=O) groups is 1. The van der Waals surface area contributed by atoms with Crippen molar-refractivity contribution in [1.29, 1.82) is 0 Å². The van der Waals surface area contributed by atoms with Crippen molar-refractivity contribution in [3.63, 3.8) is 0 Å². The van der Waals surface area contributed by atoms with Crippen molar-refractivity contribution < 1.29 is 4.79 Å². The number of hydrogen-bond donors (Lipinski definition) is 0. The molecule has 0 radical (unpaired) electrons. The van der Waals surface area contributed by atoms with E-state index in [-0.39, 0.29) is 0 Å².